The smallest absolute Gasteiger partial charge is 0.323 e. The topological polar surface area (TPSA) is 71.4 Å². The molecule has 0 spiro atoms. The normalized spacial score (nSPS) is 14.2. The number of anilines is 2. The fourth-order valence-electron chi connectivity index (χ4n) is 3.56. The average molecular weight is 474 g/mol. The molecule has 0 unspecified atom stereocenters. The van der Waals surface area contributed by atoms with Gasteiger partial charge >= 0.3 is 6.03 Å². The molecule has 0 bridgehead atoms. The third-order valence-corrected chi connectivity index (χ3v) is 6.22. The number of urea groups is 1. The first-order valence-electron chi connectivity index (χ1n) is 10.6. The Labute approximate surface area is 195 Å². The minimum atomic E-state index is -0.850. The predicted molar refractivity (Wildman–Crippen MR) is 127 cm³/mol. The number of hydrogen-bond donors (Lipinski definition) is 2. The first kappa shape index (κ1) is 23.1. The molecule has 33 heavy (non-hydrogen) atoms. The van der Waals surface area contributed by atoms with Gasteiger partial charge in [-0.05, 0) is 36.4 Å². The van der Waals surface area contributed by atoms with Crippen molar-refractivity contribution in [3.8, 4) is 17.0 Å². The highest BCUT2D eigenvalue weighted by molar-refractivity contribution is 7.99. The molecule has 0 aliphatic carbocycles. The zero-order valence-corrected chi connectivity index (χ0v) is 19.0. The number of thioether (sulfide) groups is 1. The molecule has 1 aliphatic heterocycles. The number of aromatic nitrogens is 2. The van der Waals surface area contributed by atoms with E-state index in [0.29, 0.717) is 24.1 Å². The molecule has 0 atom stereocenters. The predicted octanol–water partition coefficient (Wildman–Crippen LogP) is 4.44. The molecule has 0 radical (unpaired) electrons. The highest BCUT2D eigenvalue weighted by Gasteiger charge is 2.15. The molecule has 2 N–H and O–H groups in total. The van der Waals surface area contributed by atoms with Crippen LogP contribution in [0, 0.1) is 11.6 Å². The third kappa shape index (κ3) is 6.02. The number of carbonyl (C=O) groups is 1. The van der Waals surface area contributed by atoms with Crippen molar-refractivity contribution in [1.82, 2.24) is 14.7 Å². The van der Waals surface area contributed by atoms with Crippen molar-refractivity contribution in [2.24, 2.45) is 7.05 Å². The monoisotopic (exact) mass is 473 g/mol. The zero-order valence-electron chi connectivity index (χ0n) is 18.2. The lowest BCUT2D eigenvalue weighted by Crippen LogP contribution is -2.35. The highest BCUT2D eigenvalue weighted by atomic mass is 32.2. The number of halogens is 2. The van der Waals surface area contributed by atoms with Gasteiger partial charge in [0, 0.05) is 61.7 Å². The molecule has 1 fully saturated rings. The summed E-state index contributed by atoms with van der Waals surface area (Å²) >= 11 is 1.97. The fourth-order valence-corrected chi connectivity index (χ4v) is 4.54. The fraction of sp³-hybridized carbons (Fsp3) is 0.304. The zero-order chi connectivity index (χ0) is 23.2. The molecule has 2 aromatic carbocycles. The van der Waals surface area contributed by atoms with Crippen LogP contribution in [-0.2, 0) is 7.05 Å². The molecule has 0 saturated carbocycles. The number of rotatable bonds is 7. The Morgan fingerprint density at radius 2 is 1.94 bits per heavy atom. The number of hydrogen-bond acceptors (Lipinski definition) is 5. The van der Waals surface area contributed by atoms with Gasteiger partial charge in [0.15, 0.2) is 0 Å². The summed E-state index contributed by atoms with van der Waals surface area (Å²) in [6.07, 6.45) is 1.69. The van der Waals surface area contributed by atoms with Gasteiger partial charge in [-0.15, -0.1) is 0 Å². The van der Waals surface area contributed by atoms with Crippen molar-refractivity contribution < 1.29 is 18.3 Å². The number of nitrogens with zero attached hydrogens (tertiary/aromatic N) is 3. The van der Waals surface area contributed by atoms with Crippen LogP contribution in [0.4, 0.5) is 25.0 Å². The SMILES string of the molecule is Cn1nccc1-c1cc(NC(=O)Nc2ccc(F)cc2F)ccc1OCCN1CCSCC1. The standard InChI is InChI=1S/C23H25F2N5O2S/c1-29-21(6-7-26-29)18-15-17(27-23(31)28-20-4-2-16(24)14-19(20)25)3-5-22(18)32-11-8-30-9-12-33-13-10-30/h2-7,14-15H,8-13H2,1H3,(H2,27,28,31). The Morgan fingerprint density at radius 1 is 1.12 bits per heavy atom. The summed E-state index contributed by atoms with van der Waals surface area (Å²) < 4.78 is 34.7. The quantitative estimate of drug-likeness (QED) is 0.531. The lowest BCUT2D eigenvalue weighted by molar-refractivity contribution is 0.223. The summed E-state index contributed by atoms with van der Waals surface area (Å²) in [5, 5.41) is 9.30. The van der Waals surface area contributed by atoms with E-state index in [4.69, 9.17) is 4.74 Å². The Hall–Kier alpha value is -3.11. The van der Waals surface area contributed by atoms with Crippen LogP contribution < -0.4 is 15.4 Å². The first-order valence-corrected chi connectivity index (χ1v) is 11.7. The summed E-state index contributed by atoms with van der Waals surface area (Å²) in [4.78, 5) is 14.8. The van der Waals surface area contributed by atoms with Gasteiger partial charge in [-0.25, -0.2) is 13.6 Å². The number of ether oxygens (including phenoxy) is 1. The van der Waals surface area contributed by atoms with E-state index in [2.05, 4.69) is 20.6 Å². The summed E-state index contributed by atoms with van der Waals surface area (Å²) in [6, 6.07) is 9.47. The van der Waals surface area contributed by atoms with Crippen LogP contribution in [0.2, 0.25) is 0 Å². The molecule has 1 aromatic heterocycles. The summed E-state index contributed by atoms with van der Waals surface area (Å²) in [6.45, 7) is 3.52. The minimum Gasteiger partial charge on any atom is -0.492 e. The minimum absolute atomic E-state index is 0.114. The van der Waals surface area contributed by atoms with Gasteiger partial charge in [0.05, 0.1) is 11.4 Å². The van der Waals surface area contributed by atoms with Gasteiger partial charge in [0.2, 0.25) is 0 Å². The van der Waals surface area contributed by atoms with Crippen molar-refractivity contribution in [1.29, 1.82) is 0 Å². The van der Waals surface area contributed by atoms with Crippen LogP contribution in [0.5, 0.6) is 5.75 Å². The molecule has 4 rings (SSSR count). The molecule has 1 aliphatic rings. The third-order valence-electron chi connectivity index (χ3n) is 5.28. The van der Waals surface area contributed by atoms with Crippen LogP contribution in [0.1, 0.15) is 0 Å². The first-order chi connectivity index (χ1) is 16.0. The van der Waals surface area contributed by atoms with E-state index in [1.807, 2.05) is 24.9 Å². The van der Waals surface area contributed by atoms with Crippen molar-refractivity contribution in [2.75, 3.05) is 48.4 Å². The summed E-state index contributed by atoms with van der Waals surface area (Å²) in [5.41, 5.74) is 1.98. The van der Waals surface area contributed by atoms with E-state index in [1.165, 1.54) is 6.07 Å². The van der Waals surface area contributed by atoms with Gasteiger partial charge in [0.1, 0.15) is 24.0 Å². The second-order valence-corrected chi connectivity index (χ2v) is 8.78. The average Bonchev–Trinajstić information content (AvgIpc) is 3.23. The Balaban J connectivity index is 1.47. The Morgan fingerprint density at radius 3 is 2.67 bits per heavy atom. The van der Waals surface area contributed by atoms with Crippen LogP contribution in [0.15, 0.2) is 48.7 Å². The molecule has 3 aromatic rings. The Bertz CT molecular complexity index is 1120. The van der Waals surface area contributed by atoms with E-state index >= 15 is 0 Å². The molecule has 2 amide bonds. The molecule has 174 valence electrons. The lowest BCUT2D eigenvalue weighted by Gasteiger charge is -2.26. The van der Waals surface area contributed by atoms with Crippen molar-refractivity contribution >= 4 is 29.2 Å². The van der Waals surface area contributed by atoms with Gasteiger partial charge in [-0.2, -0.15) is 16.9 Å². The van der Waals surface area contributed by atoms with Crippen molar-refractivity contribution in [3.05, 3.63) is 60.3 Å². The maximum absolute atomic E-state index is 13.8. The molecule has 7 nitrogen and oxygen atoms in total. The second-order valence-electron chi connectivity index (χ2n) is 7.56. The summed E-state index contributed by atoms with van der Waals surface area (Å²) in [7, 11) is 1.83. The van der Waals surface area contributed by atoms with Crippen LogP contribution in [-0.4, -0.2) is 58.5 Å². The number of nitrogens with one attached hydrogen (secondary N) is 2. The van der Waals surface area contributed by atoms with Crippen LogP contribution in [0.25, 0.3) is 11.3 Å². The van der Waals surface area contributed by atoms with Gasteiger partial charge in [-0.3, -0.25) is 9.58 Å². The Kier molecular flexibility index (Phi) is 7.46. The van der Waals surface area contributed by atoms with Crippen molar-refractivity contribution in [3.63, 3.8) is 0 Å². The number of amides is 2. The van der Waals surface area contributed by atoms with Crippen molar-refractivity contribution in [2.45, 2.75) is 0 Å². The van der Waals surface area contributed by atoms with E-state index in [0.717, 1.165) is 48.5 Å². The number of benzene rings is 2. The van der Waals surface area contributed by atoms with Crippen LogP contribution in [0.3, 0.4) is 0 Å². The van der Waals surface area contributed by atoms with Crippen LogP contribution >= 0.6 is 11.8 Å². The lowest BCUT2D eigenvalue weighted by atomic mass is 10.1. The largest absolute Gasteiger partial charge is 0.492 e. The second kappa shape index (κ2) is 10.7. The highest BCUT2D eigenvalue weighted by Crippen LogP contribution is 2.32. The number of aryl methyl sites for hydroxylation is 1. The van der Waals surface area contributed by atoms with E-state index < -0.39 is 17.7 Å². The maximum atomic E-state index is 13.8. The number of carbonyl (C=O) groups excluding carboxylic acids is 1. The van der Waals surface area contributed by atoms with E-state index in [9.17, 15) is 13.6 Å². The molecule has 1 saturated heterocycles. The van der Waals surface area contributed by atoms with E-state index in [1.54, 1.807) is 29.1 Å². The molecule has 2 heterocycles. The maximum Gasteiger partial charge on any atom is 0.323 e. The van der Waals surface area contributed by atoms with Gasteiger partial charge < -0.3 is 15.4 Å². The molecular weight excluding hydrogens is 448 g/mol. The molecule has 10 heteroatoms. The van der Waals surface area contributed by atoms with Gasteiger partial charge in [-0.1, -0.05) is 0 Å². The molecular formula is C23H25F2N5O2S. The van der Waals surface area contributed by atoms with E-state index in [-0.39, 0.29) is 5.69 Å². The van der Waals surface area contributed by atoms with Gasteiger partial charge in [0.25, 0.3) is 0 Å². The summed E-state index contributed by atoms with van der Waals surface area (Å²) in [5.74, 6) is 1.40.